The van der Waals surface area contributed by atoms with Crippen LogP contribution >= 0.6 is 15.9 Å². The molecule has 0 fully saturated rings. The number of hydrogen-bond acceptors (Lipinski definition) is 1. The van der Waals surface area contributed by atoms with E-state index in [4.69, 9.17) is 0 Å². The molecule has 2 rings (SSSR count). The van der Waals surface area contributed by atoms with Crippen molar-refractivity contribution in [2.45, 2.75) is 13.1 Å². The van der Waals surface area contributed by atoms with E-state index in [1.165, 1.54) is 19.1 Å². The summed E-state index contributed by atoms with van der Waals surface area (Å²) in [5.74, 6) is -1.40. The molecular formula is C15H12BrF2NO. The van der Waals surface area contributed by atoms with Crippen LogP contribution in [0, 0.1) is 5.82 Å². The number of rotatable bonds is 3. The van der Waals surface area contributed by atoms with Crippen LogP contribution in [0.25, 0.3) is 0 Å². The van der Waals surface area contributed by atoms with Gasteiger partial charge in [0.05, 0.1) is 5.56 Å². The van der Waals surface area contributed by atoms with Gasteiger partial charge in [-0.05, 0) is 37.3 Å². The molecule has 20 heavy (non-hydrogen) atoms. The molecule has 0 saturated heterocycles. The zero-order valence-electron chi connectivity index (χ0n) is 10.7. The van der Waals surface area contributed by atoms with Gasteiger partial charge in [0, 0.05) is 15.7 Å². The van der Waals surface area contributed by atoms with E-state index >= 15 is 0 Å². The molecule has 0 bridgehead atoms. The second-order valence-corrected chi connectivity index (χ2v) is 5.20. The van der Waals surface area contributed by atoms with E-state index in [2.05, 4.69) is 21.2 Å². The number of nitrogens with one attached hydrogen (secondary N) is 1. The Labute approximate surface area is 123 Å². The summed E-state index contributed by atoms with van der Waals surface area (Å²) in [6.07, 6.45) is -1.42. The molecule has 1 amide bonds. The van der Waals surface area contributed by atoms with E-state index in [0.29, 0.717) is 5.69 Å². The van der Waals surface area contributed by atoms with Gasteiger partial charge >= 0.3 is 0 Å². The molecule has 0 unspecified atom stereocenters. The van der Waals surface area contributed by atoms with E-state index in [9.17, 15) is 13.6 Å². The highest BCUT2D eigenvalue weighted by Crippen LogP contribution is 2.24. The molecule has 104 valence electrons. The Balaban J connectivity index is 2.31. The molecule has 0 radical (unpaired) electrons. The second-order valence-electron chi connectivity index (χ2n) is 4.28. The van der Waals surface area contributed by atoms with Crippen molar-refractivity contribution in [2.75, 3.05) is 5.32 Å². The van der Waals surface area contributed by atoms with Crippen molar-refractivity contribution in [3.05, 3.63) is 63.9 Å². The third-order valence-corrected chi connectivity index (χ3v) is 3.33. The molecule has 0 heterocycles. The summed E-state index contributed by atoms with van der Waals surface area (Å²) in [4.78, 5) is 12.1. The average molecular weight is 340 g/mol. The van der Waals surface area contributed by atoms with Gasteiger partial charge in [0.25, 0.3) is 5.91 Å². The molecular weight excluding hydrogens is 328 g/mol. The number of benzene rings is 2. The maximum Gasteiger partial charge on any atom is 0.259 e. The minimum Gasteiger partial charge on any atom is -0.322 e. The molecule has 0 aliphatic rings. The van der Waals surface area contributed by atoms with E-state index in [0.717, 1.165) is 10.5 Å². The summed E-state index contributed by atoms with van der Waals surface area (Å²) in [6, 6.07) is 10.8. The number of carbonyl (C=O) groups excluding carboxylic acids is 1. The molecule has 0 saturated carbocycles. The van der Waals surface area contributed by atoms with Gasteiger partial charge in [0.2, 0.25) is 0 Å². The van der Waals surface area contributed by atoms with Crippen LogP contribution in [-0.4, -0.2) is 5.91 Å². The van der Waals surface area contributed by atoms with E-state index in [1.54, 1.807) is 24.3 Å². The highest BCUT2D eigenvalue weighted by molar-refractivity contribution is 9.10. The highest BCUT2D eigenvalue weighted by atomic mass is 79.9. The van der Waals surface area contributed by atoms with Crippen molar-refractivity contribution in [3.63, 3.8) is 0 Å². The Morgan fingerprint density at radius 2 is 1.85 bits per heavy atom. The summed E-state index contributed by atoms with van der Waals surface area (Å²) in [7, 11) is 0. The zero-order chi connectivity index (χ0) is 14.7. The molecule has 0 aliphatic carbocycles. The first-order valence-corrected chi connectivity index (χ1v) is 6.77. The van der Waals surface area contributed by atoms with Crippen LogP contribution in [0.1, 0.15) is 29.0 Å². The summed E-state index contributed by atoms with van der Waals surface area (Å²) in [6.45, 7) is 1.27. The molecule has 0 aliphatic heterocycles. The van der Waals surface area contributed by atoms with Crippen LogP contribution in [0.2, 0.25) is 0 Å². The lowest BCUT2D eigenvalue weighted by Crippen LogP contribution is -2.16. The van der Waals surface area contributed by atoms with Crippen molar-refractivity contribution in [1.29, 1.82) is 0 Å². The minimum atomic E-state index is -1.42. The number of anilines is 1. The summed E-state index contributed by atoms with van der Waals surface area (Å²) in [5, 5.41) is 2.56. The van der Waals surface area contributed by atoms with Crippen molar-refractivity contribution in [3.8, 4) is 0 Å². The van der Waals surface area contributed by atoms with Crippen molar-refractivity contribution in [1.82, 2.24) is 0 Å². The molecule has 1 N–H and O–H groups in total. The summed E-state index contributed by atoms with van der Waals surface area (Å²) < 4.78 is 28.1. The van der Waals surface area contributed by atoms with E-state index < -0.39 is 17.9 Å². The highest BCUT2D eigenvalue weighted by Gasteiger charge is 2.20. The van der Waals surface area contributed by atoms with Gasteiger partial charge < -0.3 is 5.32 Å². The quantitative estimate of drug-likeness (QED) is 0.849. The van der Waals surface area contributed by atoms with Gasteiger partial charge in [0.15, 0.2) is 0 Å². The molecule has 2 aromatic carbocycles. The van der Waals surface area contributed by atoms with Gasteiger partial charge in [-0.1, -0.05) is 28.1 Å². The third kappa shape index (κ3) is 3.22. The first kappa shape index (κ1) is 14.7. The standard InChI is InChI=1S/C15H12BrF2NO/c1-9(17)12-3-2-4-13(18)14(12)15(20)19-11-7-5-10(16)6-8-11/h2-9H,1H3,(H,19,20)/t9-/m1/s1. The van der Waals surface area contributed by atoms with E-state index in [-0.39, 0.29) is 11.1 Å². The smallest absolute Gasteiger partial charge is 0.259 e. The fraction of sp³-hybridized carbons (Fsp3) is 0.133. The van der Waals surface area contributed by atoms with Gasteiger partial charge in [-0.25, -0.2) is 8.78 Å². The maximum atomic E-state index is 13.8. The van der Waals surface area contributed by atoms with Crippen molar-refractivity contribution < 1.29 is 13.6 Å². The number of halogens is 3. The lowest BCUT2D eigenvalue weighted by Gasteiger charge is -2.12. The minimum absolute atomic E-state index is 0.0413. The zero-order valence-corrected chi connectivity index (χ0v) is 12.2. The van der Waals surface area contributed by atoms with Crippen LogP contribution in [0.3, 0.4) is 0 Å². The Morgan fingerprint density at radius 3 is 2.45 bits per heavy atom. The first-order valence-electron chi connectivity index (χ1n) is 5.98. The Bertz CT molecular complexity index is 626. The predicted molar refractivity (Wildman–Crippen MR) is 78.0 cm³/mol. The second kappa shape index (κ2) is 6.13. The number of hydrogen-bond donors (Lipinski definition) is 1. The fourth-order valence-electron chi connectivity index (χ4n) is 1.84. The normalized spacial score (nSPS) is 12.0. The summed E-state index contributed by atoms with van der Waals surface area (Å²) >= 11 is 3.28. The third-order valence-electron chi connectivity index (χ3n) is 2.80. The summed E-state index contributed by atoms with van der Waals surface area (Å²) in [5.41, 5.74) is 0.295. The van der Waals surface area contributed by atoms with Crippen molar-refractivity contribution >= 4 is 27.5 Å². The maximum absolute atomic E-state index is 13.8. The van der Waals surface area contributed by atoms with Gasteiger partial charge in [-0.2, -0.15) is 0 Å². The van der Waals surface area contributed by atoms with Gasteiger partial charge in [0.1, 0.15) is 12.0 Å². The fourth-order valence-corrected chi connectivity index (χ4v) is 2.10. The van der Waals surface area contributed by atoms with Crippen LogP contribution in [0.15, 0.2) is 46.9 Å². The largest absolute Gasteiger partial charge is 0.322 e. The first-order chi connectivity index (χ1) is 9.49. The Hall–Kier alpha value is -1.75. The topological polar surface area (TPSA) is 29.1 Å². The molecule has 5 heteroatoms. The average Bonchev–Trinajstić information content (AvgIpc) is 2.40. The molecule has 1 atom stereocenters. The Morgan fingerprint density at radius 1 is 1.20 bits per heavy atom. The molecule has 0 aromatic heterocycles. The van der Waals surface area contributed by atoms with Crippen LogP contribution < -0.4 is 5.32 Å². The molecule has 2 nitrogen and oxygen atoms in total. The Kier molecular flexibility index (Phi) is 4.49. The number of alkyl halides is 1. The van der Waals surface area contributed by atoms with Crippen LogP contribution in [0.4, 0.5) is 14.5 Å². The van der Waals surface area contributed by atoms with Crippen molar-refractivity contribution in [2.24, 2.45) is 0 Å². The lowest BCUT2D eigenvalue weighted by atomic mass is 10.0. The van der Waals surface area contributed by atoms with Crippen LogP contribution in [0.5, 0.6) is 0 Å². The number of carbonyl (C=O) groups is 1. The van der Waals surface area contributed by atoms with Gasteiger partial charge in [-0.3, -0.25) is 4.79 Å². The van der Waals surface area contributed by atoms with Crippen LogP contribution in [-0.2, 0) is 0 Å². The SMILES string of the molecule is C[C@@H](F)c1cccc(F)c1C(=O)Nc1ccc(Br)cc1. The lowest BCUT2D eigenvalue weighted by molar-refractivity contribution is 0.102. The predicted octanol–water partition coefficient (Wildman–Crippen LogP) is 4.87. The monoisotopic (exact) mass is 339 g/mol. The van der Waals surface area contributed by atoms with Gasteiger partial charge in [-0.15, -0.1) is 0 Å². The molecule has 2 aromatic rings. The molecule has 0 spiro atoms. The number of amides is 1. The van der Waals surface area contributed by atoms with E-state index in [1.807, 2.05) is 0 Å².